The minimum absolute atomic E-state index is 0.107. The van der Waals surface area contributed by atoms with Crippen LogP contribution in [-0.4, -0.2) is 18.2 Å². The Balaban J connectivity index is 1.41. The van der Waals surface area contributed by atoms with E-state index in [9.17, 15) is 4.79 Å². The minimum Gasteiger partial charge on any atom is -0.493 e. The smallest absolute Gasteiger partial charge is 0.240 e. The van der Waals surface area contributed by atoms with Gasteiger partial charge in [0.2, 0.25) is 5.91 Å². The van der Waals surface area contributed by atoms with Gasteiger partial charge in [0.15, 0.2) is 0 Å². The van der Waals surface area contributed by atoms with Gasteiger partial charge in [-0.3, -0.25) is 4.79 Å². The fourth-order valence-corrected chi connectivity index (χ4v) is 4.12. The Morgan fingerprint density at radius 3 is 2.57 bits per heavy atom. The molecular weight excluding hydrogens is 396 g/mol. The fourth-order valence-electron chi connectivity index (χ4n) is 3.89. The maximum absolute atomic E-state index is 12.1. The van der Waals surface area contributed by atoms with E-state index < -0.39 is 0 Å². The summed E-state index contributed by atoms with van der Waals surface area (Å²) in [6.45, 7) is 4.34. The predicted octanol–water partition coefficient (Wildman–Crippen LogP) is 6.40. The van der Waals surface area contributed by atoms with Gasteiger partial charge in [-0.1, -0.05) is 55.1 Å². The third kappa shape index (κ3) is 6.60. The molecule has 1 aliphatic rings. The summed E-state index contributed by atoms with van der Waals surface area (Å²) in [5.74, 6) is 1.39. The van der Waals surface area contributed by atoms with E-state index in [4.69, 9.17) is 16.3 Å². The second-order valence-electron chi connectivity index (χ2n) is 8.05. The molecule has 0 unspecified atom stereocenters. The zero-order chi connectivity index (χ0) is 21.3. The summed E-state index contributed by atoms with van der Waals surface area (Å²) < 4.78 is 5.72. The Morgan fingerprint density at radius 2 is 1.87 bits per heavy atom. The minimum atomic E-state index is -0.107. The number of amides is 1. The highest BCUT2D eigenvalue weighted by Crippen LogP contribution is 2.32. The van der Waals surface area contributed by atoms with Crippen molar-refractivity contribution in [3.8, 4) is 5.75 Å². The van der Waals surface area contributed by atoms with Gasteiger partial charge in [0.25, 0.3) is 0 Å². The molecule has 0 bridgehead atoms. The molecule has 0 spiro atoms. The molecule has 4 nitrogen and oxygen atoms in total. The van der Waals surface area contributed by atoms with E-state index >= 15 is 0 Å². The highest BCUT2D eigenvalue weighted by atomic mass is 35.5. The van der Waals surface area contributed by atoms with E-state index in [1.807, 2.05) is 26.0 Å². The number of carbonyl (C=O) groups is 1. The van der Waals surface area contributed by atoms with Crippen LogP contribution in [0, 0.1) is 6.92 Å². The number of aryl methyl sites for hydroxylation is 1. The average molecular weight is 427 g/mol. The summed E-state index contributed by atoms with van der Waals surface area (Å²) in [5, 5.41) is 4.95. The van der Waals surface area contributed by atoms with Crippen molar-refractivity contribution < 1.29 is 9.53 Å². The number of halogens is 1. The molecule has 5 heteroatoms. The maximum atomic E-state index is 12.1. The van der Waals surface area contributed by atoms with Crippen molar-refractivity contribution in [2.24, 2.45) is 5.10 Å². The summed E-state index contributed by atoms with van der Waals surface area (Å²) in [5.41, 5.74) is 6.91. The van der Waals surface area contributed by atoms with E-state index in [1.165, 1.54) is 37.7 Å². The van der Waals surface area contributed by atoms with E-state index in [0.717, 1.165) is 22.6 Å². The van der Waals surface area contributed by atoms with Gasteiger partial charge >= 0.3 is 0 Å². The van der Waals surface area contributed by atoms with Crippen LogP contribution in [0.2, 0.25) is 5.02 Å². The molecule has 3 rings (SSSR count). The molecule has 1 fully saturated rings. The number of nitrogens with zero attached hydrogens (tertiary/aromatic N) is 1. The van der Waals surface area contributed by atoms with Crippen molar-refractivity contribution in [3.05, 3.63) is 64.2 Å². The first-order valence-electron chi connectivity index (χ1n) is 10.9. The Bertz CT molecular complexity index is 871. The molecule has 30 heavy (non-hydrogen) atoms. The topological polar surface area (TPSA) is 50.7 Å². The van der Waals surface area contributed by atoms with Crippen LogP contribution in [0.4, 0.5) is 0 Å². The number of hydrogen-bond donors (Lipinski definition) is 1. The van der Waals surface area contributed by atoms with Crippen LogP contribution in [0.5, 0.6) is 5.75 Å². The zero-order valence-corrected chi connectivity index (χ0v) is 18.7. The molecule has 0 saturated heterocycles. The molecule has 160 valence electrons. The van der Waals surface area contributed by atoms with Crippen LogP contribution in [0.1, 0.15) is 74.5 Å². The molecule has 2 aromatic carbocycles. The SMILES string of the molecule is CC(=NNC(=O)CCCOc1ccc(Cl)cc1C)c1ccc(C2CCCCC2)cc1. The number of carbonyl (C=O) groups excluding carboxylic acids is 1. The molecule has 0 radical (unpaired) electrons. The van der Waals surface area contributed by atoms with Gasteiger partial charge < -0.3 is 4.74 Å². The van der Waals surface area contributed by atoms with Gasteiger partial charge in [-0.05, 0) is 73.9 Å². The largest absolute Gasteiger partial charge is 0.493 e. The lowest BCUT2D eigenvalue weighted by molar-refractivity contribution is -0.121. The van der Waals surface area contributed by atoms with E-state index in [0.29, 0.717) is 30.4 Å². The number of rotatable bonds is 8. The van der Waals surface area contributed by atoms with E-state index in [1.54, 1.807) is 6.07 Å². The van der Waals surface area contributed by atoms with Crippen LogP contribution in [0.15, 0.2) is 47.6 Å². The summed E-state index contributed by atoms with van der Waals surface area (Å²) in [6.07, 6.45) is 7.62. The molecular formula is C25H31ClN2O2. The molecule has 0 heterocycles. The fraction of sp³-hybridized carbons (Fsp3) is 0.440. The zero-order valence-electron chi connectivity index (χ0n) is 17.9. The van der Waals surface area contributed by atoms with Crippen LogP contribution in [-0.2, 0) is 4.79 Å². The van der Waals surface area contributed by atoms with Crippen molar-refractivity contribution in [3.63, 3.8) is 0 Å². The number of nitrogens with one attached hydrogen (secondary N) is 1. The molecule has 1 aliphatic carbocycles. The van der Waals surface area contributed by atoms with Crippen molar-refractivity contribution in [2.45, 2.75) is 64.7 Å². The van der Waals surface area contributed by atoms with Crippen LogP contribution >= 0.6 is 11.6 Å². The monoisotopic (exact) mass is 426 g/mol. The molecule has 1 N–H and O–H groups in total. The van der Waals surface area contributed by atoms with Crippen molar-refractivity contribution in [1.82, 2.24) is 5.43 Å². The second-order valence-corrected chi connectivity index (χ2v) is 8.49. The lowest BCUT2D eigenvalue weighted by Crippen LogP contribution is -2.19. The number of ether oxygens (including phenoxy) is 1. The van der Waals surface area contributed by atoms with Gasteiger partial charge in [0, 0.05) is 11.4 Å². The van der Waals surface area contributed by atoms with E-state index in [-0.39, 0.29) is 5.91 Å². The van der Waals surface area contributed by atoms with Gasteiger partial charge in [0.05, 0.1) is 12.3 Å². The van der Waals surface area contributed by atoms with Crippen LogP contribution < -0.4 is 10.2 Å². The molecule has 1 saturated carbocycles. The number of hydrazone groups is 1. The highest BCUT2D eigenvalue weighted by Gasteiger charge is 2.15. The first-order chi connectivity index (χ1) is 14.5. The Kier molecular flexibility index (Phi) is 8.32. The van der Waals surface area contributed by atoms with Gasteiger partial charge in [-0.15, -0.1) is 0 Å². The summed E-state index contributed by atoms with van der Waals surface area (Å²) in [4.78, 5) is 12.1. The van der Waals surface area contributed by atoms with Crippen molar-refractivity contribution in [1.29, 1.82) is 0 Å². The number of benzene rings is 2. The van der Waals surface area contributed by atoms with Gasteiger partial charge in [0.1, 0.15) is 5.75 Å². The first-order valence-corrected chi connectivity index (χ1v) is 11.2. The van der Waals surface area contributed by atoms with Crippen molar-refractivity contribution >= 4 is 23.2 Å². The van der Waals surface area contributed by atoms with Crippen LogP contribution in [0.25, 0.3) is 0 Å². The number of hydrogen-bond acceptors (Lipinski definition) is 3. The van der Waals surface area contributed by atoms with Gasteiger partial charge in [-0.25, -0.2) is 5.43 Å². The molecule has 0 aromatic heterocycles. The van der Waals surface area contributed by atoms with E-state index in [2.05, 4.69) is 34.8 Å². The summed E-state index contributed by atoms with van der Waals surface area (Å²) in [7, 11) is 0. The second kappa shape index (κ2) is 11.2. The Labute approximate surface area is 184 Å². The Hall–Kier alpha value is -2.33. The first kappa shape index (κ1) is 22.4. The lowest BCUT2D eigenvalue weighted by atomic mass is 9.84. The maximum Gasteiger partial charge on any atom is 0.240 e. The third-order valence-electron chi connectivity index (χ3n) is 5.70. The molecule has 0 atom stereocenters. The predicted molar refractivity (Wildman–Crippen MR) is 124 cm³/mol. The normalized spacial score (nSPS) is 15.1. The van der Waals surface area contributed by atoms with Gasteiger partial charge in [-0.2, -0.15) is 5.10 Å². The average Bonchev–Trinajstić information content (AvgIpc) is 2.77. The van der Waals surface area contributed by atoms with Crippen molar-refractivity contribution in [2.75, 3.05) is 6.61 Å². The molecule has 1 amide bonds. The highest BCUT2D eigenvalue weighted by molar-refractivity contribution is 6.30. The third-order valence-corrected chi connectivity index (χ3v) is 5.93. The summed E-state index contributed by atoms with van der Waals surface area (Å²) >= 11 is 5.95. The standard InChI is InChI=1S/C25H31ClN2O2/c1-18-17-23(26)14-15-24(18)30-16-6-9-25(29)28-27-19(2)20-10-12-22(13-11-20)21-7-4-3-5-8-21/h10-15,17,21H,3-9,16H2,1-2H3,(H,28,29). The lowest BCUT2D eigenvalue weighted by Gasteiger charge is -2.22. The Morgan fingerprint density at radius 1 is 1.13 bits per heavy atom. The summed E-state index contributed by atoms with van der Waals surface area (Å²) in [6, 6.07) is 14.2. The molecule has 0 aliphatic heterocycles. The quantitative estimate of drug-likeness (QED) is 0.302. The molecule has 2 aromatic rings. The van der Waals surface area contributed by atoms with Crippen LogP contribution in [0.3, 0.4) is 0 Å².